The molecule has 0 bridgehead atoms. The Labute approximate surface area is 169 Å². The number of para-hydroxylation sites is 1. The predicted molar refractivity (Wildman–Crippen MR) is 99.8 cm³/mol. The molecule has 1 N–H and O–H groups in total. The van der Waals surface area contributed by atoms with Gasteiger partial charge in [-0.2, -0.15) is 5.10 Å². The second-order valence-corrected chi connectivity index (χ2v) is 6.66. The lowest BCUT2D eigenvalue weighted by Gasteiger charge is -2.39. The molecule has 1 saturated heterocycles. The molecule has 0 aliphatic carbocycles. The zero-order valence-electron chi connectivity index (χ0n) is 15.6. The molecule has 1 aromatic carbocycles. The van der Waals surface area contributed by atoms with Gasteiger partial charge in [0, 0.05) is 43.7 Å². The molecule has 30 heavy (non-hydrogen) atoms. The number of halogens is 3. The number of rotatable bonds is 6. The summed E-state index contributed by atoms with van der Waals surface area (Å²) in [5.41, 5.74) is 0.249. The van der Waals surface area contributed by atoms with Gasteiger partial charge in [0.2, 0.25) is 5.91 Å². The van der Waals surface area contributed by atoms with Crippen LogP contribution < -0.4 is 15.0 Å². The Bertz CT molecular complexity index is 1020. The van der Waals surface area contributed by atoms with Gasteiger partial charge in [-0.15, -0.1) is 13.2 Å². The first-order valence-electron chi connectivity index (χ1n) is 9.07. The van der Waals surface area contributed by atoms with Crippen molar-refractivity contribution in [3.8, 4) is 11.6 Å². The monoisotopic (exact) mass is 418 g/mol. The van der Waals surface area contributed by atoms with Crippen molar-refractivity contribution < 1.29 is 22.7 Å². The summed E-state index contributed by atoms with van der Waals surface area (Å²) in [6.07, 6.45) is 0.0426. The van der Waals surface area contributed by atoms with E-state index in [1.165, 1.54) is 24.5 Å². The Hall–Kier alpha value is -3.63. The van der Waals surface area contributed by atoms with Gasteiger partial charge in [0.15, 0.2) is 5.82 Å². The minimum Gasteiger partial charge on any atom is -0.405 e. The van der Waals surface area contributed by atoms with Gasteiger partial charge in [-0.25, -0.2) is 14.6 Å². The third kappa shape index (κ3) is 4.50. The summed E-state index contributed by atoms with van der Waals surface area (Å²) in [7, 11) is 0. The van der Waals surface area contributed by atoms with Gasteiger partial charge >= 0.3 is 6.36 Å². The topological polar surface area (TPSA) is 85.2 Å². The van der Waals surface area contributed by atoms with Crippen molar-refractivity contribution in [2.24, 2.45) is 5.92 Å². The summed E-state index contributed by atoms with van der Waals surface area (Å²) in [4.78, 5) is 22.7. The summed E-state index contributed by atoms with van der Waals surface area (Å²) in [5, 5.41) is 6.79. The molecule has 1 amide bonds. The van der Waals surface area contributed by atoms with E-state index in [0.29, 0.717) is 24.7 Å². The third-order valence-electron chi connectivity index (χ3n) is 4.61. The van der Waals surface area contributed by atoms with Gasteiger partial charge in [0.25, 0.3) is 0 Å². The fraction of sp³-hybridized carbons (Fsp3) is 0.263. The van der Waals surface area contributed by atoms with E-state index in [1.807, 2.05) is 4.90 Å². The SMILES string of the molecule is O=C(NCc1ccccc1OC(F)(F)F)C1CN(c2cc(-n3cccn3)ncn2)C1. The maximum atomic E-state index is 12.5. The van der Waals surface area contributed by atoms with Crippen LogP contribution in [0, 0.1) is 5.92 Å². The van der Waals surface area contributed by atoms with Crippen molar-refractivity contribution in [3.63, 3.8) is 0 Å². The number of carbonyl (C=O) groups excluding carboxylic acids is 1. The zero-order chi connectivity index (χ0) is 21.1. The molecule has 156 valence electrons. The maximum absolute atomic E-state index is 12.5. The number of aromatic nitrogens is 4. The van der Waals surface area contributed by atoms with Crippen molar-refractivity contribution in [2.75, 3.05) is 18.0 Å². The van der Waals surface area contributed by atoms with Crippen LogP contribution >= 0.6 is 0 Å². The molecule has 3 heterocycles. The summed E-state index contributed by atoms with van der Waals surface area (Å²) in [6.45, 7) is 0.836. The Morgan fingerprint density at radius 1 is 1.17 bits per heavy atom. The first kappa shape index (κ1) is 19.7. The van der Waals surface area contributed by atoms with Crippen LogP contribution in [0.25, 0.3) is 5.82 Å². The fourth-order valence-electron chi connectivity index (χ4n) is 3.07. The number of benzene rings is 1. The zero-order valence-corrected chi connectivity index (χ0v) is 15.6. The lowest BCUT2D eigenvalue weighted by molar-refractivity contribution is -0.274. The van der Waals surface area contributed by atoms with Gasteiger partial charge < -0.3 is 15.0 Å². The highest BCUT2D eigenvalue weighted by Crippen LogP contribution is 2.27. The molecule has 0 spiro atoms. The minimum atomic E-state index is -4.79. The Kier molecular flexibility index (Phi) is 5.25. The highest BCUT2D eigenvalue weighted by atomic mass is 19.4. The van der Waals surface area contributed by atoms with Crippen molar-refractivity contribution in [2.45, 2.75) is 12.9 Å². The van der Waals surface area contributed by atoms with Gasteiger partial charge in [-0.05, 0) is 12.1 Å². The normalized spacial score (nSPS) is 14.3. The first-order chi connectivity index (χ1) is 14.4. The van der Waals surface area contributed by atoms with Crippen LogP contribution in [0.4, 0.5) is 19.0 Å². The van der Waals surface area contributed by atoms with Gasteiger partial charge in [0.05, 0.1) is 5.92 Å². The first-order valence-corrected chi connectivity index (χ1v) is 9.07. The number of hydrogen-bond donors (Lipinski definition) is 1. The van der Waals surface area contributed by atoms with E-state index in [2.05, 4.69) is 25.1 Å². The number of ether oxygens (including phenoxy) is 1. The number of nitrogens with zero attached hydrogens (tertiary/aromatic N) is 5. The van der Waals surface area contributed by atoms with Crippen LogP contribution in [-0.2, 0) is 11.3 Å². The van der Waals surface area contributed by atoms with Crippen LogP contribution in [0.5, 0.6) is 5.75 Å². The lowest BCUT2D eigenvalue weighted by atomic mass is 9.99. The summed E-state index contributed by atoms with van der Waals surface area (Å²) in [6, 6.07) is 9.27. The molecule has 0 atom stereocenters. The van der Waals surface area contributed by atoms with E-state index in [-0.39, 0.29) is 29.7 Å². The van der Waals surface area contributed by atoms with Crippen LogP contribution in [-0.4, -0.2) is 45.1 Å². The molecule has 4 rings (SSSR count). The maximum Gasteiger partial charge on any atom is 0.573 e. The van der Waals surface area contributed by atoms with E-state index < -0.39 is 6.36 Å². The Morgan fingerprint density at radius 2 is 1.93 bits per heavy atom. The van der Waals surface area contributed by atoms with Crippen molar-refractivity contribution in [1.29, 1.82) is 0 Å². The third-order valence-corrected chi connectivity index (χ3v) is 4.61. The minimum absolute atomic E-state index is 0.0570. The largest absolute Gasteiger partial charge is 0.573 e. The van der Waals surface area contributed by atoms with Crippen LogP contribution in [0.2, 0.25) is 0 Å². The number of alkyl halides is 3. The average molecular weight is 418 g/mol. The molecular formula is C19H17F3N6O2. The number of hydrogen-bond acceptors (Lipinski definition) is 6. The molecule has 11 heteroatoms. The highest BCUT2D eigenvalue weighted by molar-refractivity contribution is 5.81. The molecule has 0 saturated carbocycles. The number of nitrogens with one attached hydrogen (secondary N) is 1. The van der Waals surface area contributed by atoms with Gasteiger partial charge in [-0.3, -0.25) is 4.79 Å². The summed E-state index contributed by atoms with van der Waals surface area (Å²) < 4.78 is 43.1. The fourth-order valence-corrected chi connectivity index (χ4v) is 3.07. The second-order valence-electron chi connectivity index (χ2n) is 6.66. The molecule has 1 aliphatic heterocycles. The smallest absolute Gasteiger partial charge is 0.405 e. The quantitative estimate of drug-likeness (QED) is 0.661. The van der Waals surface area contributed by atoms with Crippen LogP contribution in [0.3, 0.4) is 0 Å². The highest BCUT2D eigenvalue weighted by Gasteiger charge is 2.34. The van der Waals surface area contributed by atoms with E-state index >= 15 is 0 Å². The van der Waals surface area contributed by atoms with Gasteiger partial charge in [0.1, 0.15) is 17.9 Å². The molecule has 1 fully saturated rings. The van der Waals surface area contributed by atoms with Crippen molar-refractivity contribution in [3.05, 3.63) is 60.7 Å². The predicted octanol–water partition coefficient (Wildman–Crippen LogP) is 2.31. The molecule has 0 unspecified atom stereocenters. The van der Waals surface area contributed by atoms with Gasteiger partial charge in [-0.1, -0.05) is 18.2 Å². The average Bonchev–Trinajstić information content (AvgIpc) is 3.20. The molecular weight excluding hydrogens is 401 g/mol. The molecule has 2 aromatic heterocycles. The van der Waals surface area contributed by atoms with E-state index in [9.17, 15) is 18.0 Å². The van der Waals surface area contributed by atoms with E-state index in [1.54, 1.807) is 35.3 Å². The Morgan fingerprint density at radius 3 is 2.67 bits per heavy atom. The summed E-state index contributed by atoms with van der Waals surface area (Å²) >= 11 is 0. The summed E-state index contributed by atoms with van der Waals surface area (Å²) in [5.74, 6) is 0.425. The van der Waals surface area contributed by atoms with Crippen LogP contribution in [0.1, 0.15) is 5.56 Å². The number of carbonyl (C=O) groups is 1. The van der Waals surface area contributed by atoms with Crippen LogP contribution in [0.15, 0.2) is 55.1 Å². The number of amides is 1. The molecule has 8 nitrogen and oxygen atoms in total. The molecule has 0 radical (unpaired) electrons. The van der Waals surface area contributed by atoms with Crippen molar-refractivity contribution in [1.82, 2.24) is 25.1 Å². The second kappa shape index (κ2) is 8.01. The number of anilines is 1. The van der Waals surface area contributed by atoms with E-state index in [4.69, 9.17) is 0 Å². The molecule has 3 aromatic rings. The van der Waals surface area contributed by atoms with E-state index in [0.717, 1.165) is 0 Å². The Balaban J connectivity index is 1.32. The van der Waals surface area contributed by atoms with Crippen molar-refractivity contribution >= 4 is 11.7 Å². The lowest BCUT2D eigenvalue weighted by Crippen LogP contribution is -2.54. The molecule has 1 aliphatic rings. The standard InChI is InChI=1S/C19H17F3N6O2/c20-19(21,22)30-15-5-2-1-4-13(15)9-23-18(29)14-10-27(11-14)16-8-17(25-12-24-16)28-7-3-6-26-28/h1-8,12,14H,9-11H2,(H,23,29).